The lowest BCUT2D eigenvalue weighted by atomic mass is 9.97. The number of allylic oxidation sites excluding steroid dienone is 3. The Balaban J connectivity index is 2.54. The van der Waals surface area contributed by atoms with Gasteiger partial charge in [-0.3, -0.25) is 14.6 Å². The predicted molar refractivity (Wildman–Crippen MR) is 120 cm³/mol. The molecular weight excluding hydrogens is 388 g/mol. The zero-order valence-corrected chi connectivity index (χ0v) is 17.9. The van der Waals surface area contributed by atoms with Crippen LogP contribution in [-0.2, 0) is 0 Å². The quantitative estimate of drug-likeness (QED) is 0.342. The number of halogens is 1. The summed E-state index contributed by atoms with van der Waals surface area (Å²) in [4.78, 5) is 29.2. The van der Waals surface area contributed by atoms with E-state index in [2.05, 4.69) is 11.6 Å². The van der Waals surface area contributed by atoms with Crippen LogP contribution in [0.3, 0.4) is 0 Å². The highest BCUT2D eigenvalue weighted by molar-refractivity contribution is 6.31. The molecule has 2 rings (SSSR count). The maximum Gasteiger partial charge on any atom is 0.251 e. The van der Waals surface area contributed by atoms with Gasteiger partial charge in [0.25, 0.3) is 5.56 Å². The molecule has 1 unspecified atom stereocenters. The van der Waals surface area contributed by atoms with Crippen LogP contribution in [0.2, 0.25) is 5.02 Å². The second kappa shape index (κ2) is 10.0. The van der Waals surface area contributed by atoms with Gasteiger partial charge < -0.3 is 9.30 Å². The first-order valence-electron chi connectivity index (χ1n) is 9.18. The van der Waals surface area contributed by atoms with Crippen LogP contribution in [0, 0.1) is 0 Å². The van der Waals surface area contributed by atoms with Crippen molar-refractivity contribution in [3.8, 4) is 16.9 Å². The zero-order chi connectivity index (χ0) is 21.6. The fourth-order valence-electron chi connectivity index (χ4n) is 3.11. The number of nitrogens with zero attached hydrogens (tertiary/aromatic N) is 2. The summed E-state index contributed by atoms with van der Waals surface area (Å²) in [7, 11) is 3.24. The number of pyridine rings is 1. The molecule has 0 N–H and O–H groups in total. The van der Waals surface area contributed by atoms with Gasteiger partial charge in [0.05, 0.1) is 13.3 Å². The third-order valence-corrected chi connectivity index (χ3v) is 4.84. The molecule has 0 bridgehead atoms. The number of methoxy groups -OCH3 is 1. The highest BCUT2D eigenvalue weighted by Gasteiger charge is 2.18. The van der Waals surface area contributed by atoms with E-state index in [4.69, 9.17) is 16.3 Å². The van der Waals surface area contributed by atoms with Crippen LogP contribution in [0.25, 0.3) is 11.1 Å². The van der Waals surface area contributed by atoms with Crippen molar-refractivity contribution >= 4 is 23.1 Å². The summed E-state index contributed by atoms with van der Waals surface area (Å²) in [5.41, 5.74) is 2.23. The molecule has 0 spiro atoms. The number of Topliss-reactive ketones (excluding diaryl/α,β-unsaturated/α-hetero) is 1. The Morgan fingerprint density at radius 2 is 2.07 bits per heavy atom. The monoisotopic (exact) mass is 412 g/mol. The van der Waals surface area contributed by atoms with Crippen LogP contribution >= 0.6 is 11.6 Å². The lowest BCUT2D eigenvalue weighted by molar-refractivity contribution is 0.101. The fourth-order valence-corrected chi connectivity index (χ4v) is 3.28. The summed E-state index contributed by atoms with van der Waals surface area (Å²) in [6.45, 7) is 7.07. The molecule has 5 nitrogen and oxygen atoms in total. The number of benzene rings is 1. The van der Waals surface area contributed by atoms with Crippen molar-refractivity contribution in [3.05, 3.63) is 76.2 Å². The number of ketones is 1. The Labute approximate surface area is 176 Å². The molecule has 0 fully saturated rings. The SMILES string of the molecule is C=C/C=C\C(CC(C)n1cc(OC)c(-c2cc(Cl)ccc2C(C)=O)cc1=O)=N/C. The van der Waals surface area contributed by atoms with Crippen LogP contribution < -0.4 is 10.3 Å². The Morgan fingerprint density at radius 3 is 2.66 bits per heavy atom. The van der Waals surface area contributed by atoms with E-state index in [0.29, 0.717) is 33.9 Å². The molecule has 0 saturated carbocycles. The van der Waals surface area contributed by atoms with Crippen LogP contribution in [0.5, 0.6) is 5.75 Å². The van der Waals surface area contributed by atoms with Gasteiger partial charge in [-0.25, -0.2) is 0 Å². The van der Waals surface area contributed by atoms with E-state index >= 15 is 0 Å². The maximum atomic E-state index is 12.9. The number of carbonyl (C=O) groups is 1. The summed E-state index contributed by atoms with van der Waals surface area (Å²) < 4.78 is 7.15. The van der Waals surface area contributed by atoms with Crippen molar-refractivity contribution in [2.24, 2.45) is 4.99 Å². The van der Waals surface area contributed by atoms with E-state index < -0.39 is 0 Å². The number of hydrogen-bond acceptors (Lipinski definition) is 4. The minimum Gasteiger partial charge on any atom is -0.495 e. The second-order valence-electron chi connectivity index (χ2n) is 6.61. The number of aliphatic imine (C=N–C) groups is 1. The van der Waals surface area contributed by atoms with Crippen molar-refractivity contribution in [3.63, 3.8) is 0 Å². The minimum absolute atomic E-state index is 0.117. The minimum atomic E-state index is -0.203. The largest absolute Gasteiger partial charge is 0.495 e. The second-order valence-corrected chi connectivity index (χ2v) is 7.05. The highest BCUT2D eigenvalue weighted by atomic mass is 35.5. The van der Waals surface area contributed by atoms with Crippen molar-refractivity contribution in [1.29, 1.82) is 0 Å². The standard InChI is InChI=1S/C23H25ClN2O3/c1-6-7-8-18(25-4)11-15(2)26-14-22(29-5)21(13-23(26)28)20-12-17(24)9-10-19(20)16(3)27/h6-10,12-15H,1,11H2,2-5H3/b8-7-,25-18+. The van der Waals surface area contributed by atoms with Gasteiger partial charge in [0.1, 0.15) is 5.75 Å². The van der Waals surface area contributed by atoms with Crippen molar-refractivity contribution in [2.75, 3.05) is 14.2 Å². The molecular formula is C23H25ClN2O3. The molecule has 1 aromatic heterocycles. The van der Waals surface area contributed by atoms with Gasteiger partial charge in [0, 0.05) is 47.4 Å². The summed E-state index contributed by atoms with van der Waals surface area (Å²) in [5.74, 6) is 0.368. The van der Waals surface area contributed by atoms with Gasteiger partial charge in [-0.15, -0.1) is 0 Å². The molecule has 0 radical (unpaired) electrons. The molecule has 1 atom stereocenters. The third-order valence-electron chi connectivity index (χ3n) is 4.61. The molecule has 1 aromatic carbocycles. The summed E-state index contributed by atoms with van der Waals surface area (Å²) in [6, 6.07) is 6.31. The van der Waals surface area contributed by atoms with Crippen molar-refractivity contribution < 1.29 is 9.53 Å². The Morgan fingerprint density at radius 1 is 1.34 bits per heavy atom. The van der Waals surface area contributed by atoms with Crippen LogP contribution in [0.15, 0.2) is 65.1 Å². The molecule has 6 heteroatoms. The van der Waals surface area contributed by atoms with Crippen molar-refractivity contribution in [1.82, 2.24) is 4.57 Å². The van der Waals surface area contributed by atoms with Crippen molar-refractivity contribution in [2.45, 2.75) is 26.3 Å². The topological polar surface area (TPSA) is 60.7 Å². The number of hydrogen-bond donors (Lipinski definition) is 0. The number of ether oxygens (including phenoxy) is 1. The number of aromatic nitrogens is 1. The predicted octanol–water partition coefficient (Wildman–Crippen LogP) is 5.14. The van der Waals surface area contributed by atoms with Gasteiger partial charge in [-0.05, 0) is 43.7 Å². The Bertz CT molecular complexity index is 1030. The van der Waals surface area contributed by atoms with E-state index in [1.165, 1.54) is 20.1 Å². The van der Waals surface area contributed by atoms with E-state index in [1.807, 2.05) is 19.1 Å². The molecule has 0 aliphatic heterocycles. The molecule has 0 amide bonds. The number of carbonyl (C=O) groups excluding carboxylic acids is 1. The zero-order valence-electron chi connectivity index (χ0n) is 17.1. The van der Waals surface area contributed by atoms with Gasteiger partial charge in [0.15, 0.2) is 5.78 Å². The fraction of sp³-hybridized carbons (Fsp3) is 0.261. The molecule has 2 aromatic rings. The summed E-state index contributed by atoms with van der Waals surface area (Å²) in [6.07, 6.45) is 7.59. The molecule has 29 heavy (non-hydrogen) atoms. The summed E-state index contributed by atoms with van der Waals surface area (Å²) in [5, 5.41) is 0.474. The average Bonchev–Trinajstić information content (AvgIpc) is 2.70. The lowest BCUT2D eigenvalue weighted by Gasteiger charge is -2.19. The summed E-state index contributed by atoms with van der Waals surface area (Å²) >= 11 is 6.14. The first kappa shape index (κ1) is 22.4. The van der Waals surface area contributed by atoms with E-state index in [9.17, 15) is 9.59 Å². The Kier molecular flexibility index (Phi) is 7.74. The molecule has 0 aliphatic carbocycles. The number of rotatable bonds is 8. The molecule has 152 valence electrons. The maximum absolute atomic E-state index is 12.9. The van der Waals surface area contributed by atoms with Crippen LogP contribution in [0.1, 0.15) is 36.7 Å². The average molecular weight is 413 g/mol. The van der Waals surface area contributed by atoms with E-state index in [-0.39, 0.29) is 17.4 Å². The smallest absolute Gasteiger partial charge is 0.251 e. The first-order valence-corrected chi connectivity index (χ1v) is 9.56. The Hall–Kier alpha value is -2.92. The van der Waals surface area contributed by atoms with E-state index in [0.717, 1.165) is 5.71 Å². The molecule has 1 heterocycles. The molecule has 0 aliphatic rings. The molecule has 0 saturated heterocycles. The first-order chi connectivity index (χ1) is 13.8. The van der Waals surface area contributed by atoms with Gasteiger partial charge in [-0.2, -0.15) is 0 Å². The van der Waals surface area contributed by atoms with E-state index in [1.54, 1.807) is 42.1 Å². The van der Waals surface area contributed by atoms with Gasteiger partial charge in [-0.1, -0.05) is 30.3 Å². The van der Waals surface area contributed by atoms with Gasteiger partial charge in [0.2, 0.25) is 0 Å². The highest BCUT2D eigenvalue weighted by Crippen LogP contribution is 2.34. The normalized spacial score (nSPS) is 12.8. The van der Waals surface area contributed by atoms with Gasteiger partial charge >= 0.3 is 0 Å². The lowest BCUT2D eigenvalue weighted by Crippen LogP contribution is -2.24. The van der Waals surface area contributed by atoms with Crippen LogP contribution in [0.4, 0.5) is 0 Å². The van der Waals surface area contributed by atoms with Crippen LogP contribution in [-0.4, -0.2) is 30.2 Å². The third kappa shape index (κ3) is 5.33.